The predicted molar refractivity (Wildman–Crippen MR) is 87.1 cm³/mol. The van der Waals surface area contributed by atoms with E-state index >= 15 is 0 Å². The molecule has 0 aliphatic heterocycles. The molecule has 0 bridgehead atoms. The number of hydrogen-bond donors (Lipinski definition) is 0. The lowest BCUT2D eigenvalue weighted by Gasteiger charge is -2.14. The van der Waals surface area contributed by atoms with Gasteiger partial charge in [0.2, 0.25) is 0 Å². The van der Waals surface area contributed by atoms with Crippen LogP contribution >= 0.6 is 22.6 Å². The van der Waals surface area contributed by atoms with Gasteiger partial charge in [-0.3, -0.25) is 4.68 Å². The van der Waals surface area contributed by atoms with Crippen molar-refractivity contribution in [3.8, 4) is 11.1 Å². The van der Waals surface area contributed by atoms with E-state index in [0.717, 1.165) is 0 Å². The van der Waals surface area contributed by atoms with Gasteiger partial charge in [0.05, 0.1) is 12.2 Å². The predicted octanol–water partition coefficient (Wildman–Crippen LogP) is 5.05. The second kappa shape index (κ2) is 6.07. The summed E-state index contributed by atoms with van der Waals surface area (Å²) >= 11 is 2.40. The Morgan fingerprint density at radius 2 is 1.79 bits per heavy atom. The van der Waals surface area contributed by atoms with E-state index in [2.05, 4.69) is 62.8 Å². The molecule has 1 aliphatic rings. The van der Waals surface area contributed by atoms with Crippen molar-refractivity contribution in [2.75, 3.05) is 0 Å². The molecule has 100 valence electrons. The Hall–Kier alpha value is -0.840. The summed E-state index contributed by atoms with van der Waals surface area (Å²) in [4.78, 5) is 0. The van der Waals surface area contributed by atoms with Crippen molar-refractivity contribution in [3.05, 3.63) is 40.2 Å². The van der Waals surface area contributed by atoms with Gasteiger partial charge in [0.15, 0.2) is 0 Å². The topological polar surface area (TPSA) is 17.8 Å². The van der Waals surface area contributed by atoms with Crippen LogP contribution in [0.25, 0.3) is 11.1 Å². The second-order valence-corrected chi connectivity index (χ2v) is 6.50. The molecule has 2 aromatic rings. The molecule has 1 heterocycles. The molecule has 19 heavy (non-hydrogen) atoms. The Bertz CT molecular complexity index is 539. The zero-order valence-corrected chi connectivity index (χ0v) is 13.2. The van der Waals surface area contributed by atoms with E-state index in [1.165, 1.54) is 53.2 Å². The maximum absolute atomic E-state index is 4.61. The fraction of sp³-hybridized carbons (Fsp3) is 0.438. The van der Waals surface area contributed by atoms with Gasteiger partial charge in [0.25, 0.3) is 0 Å². The van der Waals surface area contributed by atoms with Gasteiger partial charge in [0.1, 0.15) is 0 Å². The zero-order chi connectivity index (χ0) is 13.1. The maximum Gasteiger partial charge on any atom is 0.0568 e. The van der Waals surface area contributed by atoms with Gasteiger partial charge in [0, 0.05) is 15.3 Å². The molecule has 0 N–H and O–H groups in total. The van der Waals surface area contributed by atoms with Crippen LogP contribution in [0.3, 0.4) is 0 Å². The van der Waals surface area contributed by atoms with E-state index in [4.69, 9.17) is 0 Å². The molecule has 0 unspecified atom stereocenters. The van der Waals surface area contributed by atoms with Crippen molar-refractivity contribution in [1.82, 2.24) is 9.78 Å². The normalized spacial score (nSPS) is 17.3. The summed E-state index contributed by atoms with van der Waals surface area (Å²) in [6.07, 6.45) is 12.3. The zero-order valence-electron chi connectivity index (χ0n) is 11.1. The lowest BCUT2D eigenvalue weighted by atomic mass is 10.1. The maximum atomic E-state index is 4.61. The summed E-state index contributed by atoms with van der Waals surface area (Å²) in [5.74, 6) is 0. The van der Waals surface area contributed by atoms with Crippen LogP contribution in [0.15, 0.2) is 36.7 Å². The average molecular weight is 366 g/mol. The second-order valence-electron chi connectivity index (χ2n) is 5.33. The molecule has 1 aromatic heterocycles. The fourth-order valence-electron chi connectivity index (χ4n) is 2.89. The van der Waals surface area contributed by atoms with Gasteiger partial charge in [-0.05, 0) is 47.1 Å². The average Bonchev–Trinajstić information content (AvgIpc) is 2.75. The molecule has 0 spiro atoms. The molecule has 1 aromatic carbocycles. The standard InChI is InChI=1S/C16H19IN2/c17-16-10-6-5-9-15(16)13-11-18-19(12-13)14-7-3-1-2-4-8-14/h5-6,9-12,14H,1-4,7-8H2. The molecule has 3 rings (SSSR count). The molecular weight excluding hydrogens is 347 g/mol. The van der Waals surface area contributed by atoms with E-state index < -0.39 is 0 Å². The van der Waals surface area contributed by atoms with E-state index in [1.807, 2.05) is 6.20 Å². The largest absolute Gasteiger partial charge is 0.269 e. The Morgan fingerprint density at radius 1 is 1.05 bits per heavy atom. The van der Waals surface area contributed by atoms with Gasteiger partial charge in [-0.1, -0.05) is 43.9 Å². The van der Waals surface area contributed by atoms with E-state index in [1.54, 1.807) is 0 Å². The van der Waals surface area contributed by atoms with Crippen molar-refractivity contribution in [2.24, 2.45) is 0 Å². The monoisotopic (exact) mass is 366 g/mol. The Kier molecular flexibility index (Phi) is 4.21. The molecule has 0 radical (unpaired) electrons. The molecule has 1 fully saturated rings. The lowest BCUT2D eigenvalue weighted by molar-refractivity contribution is 0.405. The minimum absolute atomic E-state index is 0.609. The van der Waals surface area contributed by atoms with Gasteiger partial charge in [-0.15, -0.1) is 0 Å². The third-order valence-electron chi connectivity index (χ3n) is 3.99. The molecule has 0 amide bonds. The van der Waals surface area contributed by atoms with Crippen LogP contribution in [-0.4, -0.2) is 9.78 Å². The van der Waals surface area contributed by atoms with Crippen LogP contribution in [-0.2, 0) is 0 Å². The third kappa shape index (κ3) is 3.02. The summed E-state index contributed by atoms with van der Waals surface area (Å²) in [6, 6.07) is 9.12. The van der Waals surface area contributed by atoms with Gasteiger partial charge in [-0.2, -0.15) is 5.10 Å². The number of halogens is 1. The van der Waals surface area contributed by atoms with Gasteiger partial charge < -0.3 is 0 Å². The fourth-order valence-corrected chi connectivity index (χ4v) is 3.59. The Morgan fingerprint density at radius 3 is 2.53 bits per heavy atom. The Balaban J connectivity index is 1.85. The van der Waals surface area contributed by atoms with Crippen LogP contribution in [0.4, 0.5) is 0 Å². The highest BCUT2D eigenvalue weighted by Gasteiger charge is 2.15. The first-order chi connectivity index (χ1) is 9.34. The highest BCUT2D eigenvalue weighted by molar-refractivity contribution is 14.1. The van der Waals surface area contributed by atoms with Crippen molar-refractivity contribution in [2.45, 2.75) is 44.6 Å². The number of hydrogen-bond acceptors (Lipinski definition) is 1. The molecular formula is C16H19IN2. The van der Waals surface area contributed by atoms with Crippen molar-refractivity contribution >= 4 is 22.6 Å². The van der Waals surface area contributed by atoms with Crippen LogP contribution < -0.4 is 0 Å². The molecule has 1 saturated carbocycles. The molecule has 3 heteroatoms. The summed E-state index contributed by atoms with van der Waals surface area (Å²) in [5, 5.41) is 4.61. The molecule has 1 aliphatic carbocycles. The summed E-state index contributed by atoms with van der Waals surface area (Å²) in [6.45, 7) is 0. The first-order valence-corrected chi connectivity index (χ1v) is 8.21. The number of aromatic nitrogens is 2. The van der Waals surface area contributed by atoms with E-state index in [0.29, 0.717) is 6.04 Å². The number of benzene rings is 1. The highest BCUT2D eigenvalue weighted by Crippen LogP contribution is 2.29. The first-order valence-electron chi connectivity index (χ1n) is 7.13. The molecule has 0 saturated heterocycles. The van der Waals surface area contributed by atoms with E-state index in [9.17, 15) is 0 Å². The molecule has 0 atom stereocenters. The van der Waals surface area contributed by atoms with Gasteiger partial charge >= 0.3 is 0 Å². The SMILES string of the molecule is Ic1ccccc1-c1cnn(C2CCCCCC2)c1. The number of rotatable bonds is 2. The Labute approximate surface area is 128 Å². The molecule has 2 nitrogen and oxygen atoms in total. The van der Waals surface area contributed by atoms with Crippen molar-refractivity contribution in [1.29, 1.82) is 0 Å². The lowest BCUT2D eigenvalue weighted by Crippen LogP contribution is -2.08. The highest BCUT2D eigenvalue weighted by atomic mass is 127. The first kappa shape index (κ1) is 13.2. The van der Waals surface area contributed by atoms with Crippen molar-refractivity contribution in [3.63, 3.8) is 0 Å². The summed E-state index contributed by atoms with van der Waals surface area (Å²) < 4.78 is 3.49. The van der Waals surface area contributed by atoms with Crippen LogP contribution in [0.1, 0.15) is 44.6 Å². The number of nitrogens with zero attached hydrogens (tertiary/aromatic N) is 2. The summed E-state index contributed by atoms with van der Waals surface area (Å²) in [7, 11) is 0. The smallest absolute Gasteiger partial charge is 0.0568 e. The third-order valence-corrected chi connectivity index (χ3v) is 4.93. The van der Waals surface area contributed by atoms with Gasteiger partial charge in [-0.25, -0.2) is 0 Å². The van der Waals surface area contributed by atoms with Crippen LogP contribution in [0.2, 0.25) is 0 Å². The quantitative estimate of drug-likeness (QED) is 0.537. The van der Waals surface area contributed by atoms with E-state index in [-0.39, 0.29) is 0 Å². The summed E-state index contributed by atoms with van der Waals surface area (Å²) in [5.41, 5.74) is 2.54. The minimum atomic E-state index is 0.609. The minimum Gasteiger partial charge on any atom is -0.269 e. The van der Waals surface area contributed by atoms with Crippen LogP contribution in [0.5, 0.6) is 0 Å². The van der Waals surface area contributed by atoms with Crippen LogP contribution in [0, 0.1) is 3.57 Å². The van der Waals surface area contributed by atoms with Crippen molar-refractivity contribution < 1.29 is 0 Å².